The Hall–Kier alpha value is -2.60. The van der Waals surface area contributed by atoms with Gasteiger partial charge in [-0.25, -0.2) is 19.9 Å². The minimum absolute atomic E-state index is 0.715. The Morgan fingerprint density at radius 2 is 1.92 bits per heavy atom. The molecule has 0 bridgehead atoms. The molecule has 0 atom stereocenters. The third-order valence-corrected chi connectivity index (χ3v) is 4.82. The fourth-order valence-electron chi connectivity index (χ4n) is 2.59. The minimum atomic E-state index is 0.715. The van der Waals surface area contributed by atoms with Crippen molar-refractivity contribution in [2.24, 2.45) is 4.99 Å². The van der Waals surface area contributed by atoms with Gasteiger partial charge in [0.2, 0.25) is 5.62 Å². The molecule has 0 N–H and O–H groups in total. The standard InChI is InChI=1S/C18H17N5S/c1-2-3-11-23-12-14-15(16-17(24-14)20-10-9-19-16)22-18(23)21-13-7-5-4-6-8-13/h4-10,12H,2-3,11H2,1H3. The van der Waals surface area contributed by atoms with Crippen LogP contribution in [0.5, 0.6) is 0 Å². The van der Waals surface area contributed by atoms with E-state index in [2.05, 4.69) is 27.7 Å². The van der Waals surface area contributed by atoms with Gasteiger partial charge in [-0.3, -0.25) is 0 Å². The Balaban J connectivity index is 1.97. The molecule has 120 valence electrons. The number of benzene rings is 1. The quantitative estimate of drug-likeness (QED) is 0.565. The number of nitrogens with zero attached hydrogens (tertiary/aromatic N) is 5. The number of hydrogen-bond acceptors (Lipinski definition) is 5. The Bertz CT molecular complexity index is 1050. The predicted molar refractivity (Wildman–Crippen MR) is 97.3 cm³/mol. The van der Waals surface area contributed by atoms with E-state index in [0.29, 0.717) is 5.62 Å². The zero-order valence-electron chi connectivity index (χ0n) is 13.4. The summed E-state index contributed by atoms with van der Waals surface area (Å²) in [6.07, 6.45) is 7.79. The van der Waals surface area contributed by atoms with Gasteiger partial charge in [-0.2, -0.15) is 0 Å². The van der Waals surface area contributed by atoms with E-state index >= 15 is 0 Å². The monoisotopic (exact) mass is 335 g/mol. The van der Waals surface area contributed by atoms with Crippen molar-refractivity contribution in [3.05, 3.63) is 54.5 Å². The van der Waals surface area contributed by atoms with E-state index in [1.165, 1.54) is 0 Å². The van der Waals surface area contributed by atoms with E-state index < -0.39 is 0 Å². The molecule has 24 heavy (non-hydrogen) atoms. The second-order valence-electron chi connectivity index (χ2n) is 5.56. The van der Waals surface area contributed by atoms with Crippen molar-refractivity contribution in [1.29, 1.82) is 0 Å². The fourth-order valence-corrected chi connectivity index (χ4v) is 3.58. The van der Waals surface area contributed by atoms with Crippen LogP contribution < -0.4 is 5.62 Å². The van der Waals surface area contributed by atoms with Gasteiger partial charge >= 0.3 is 0 Å². The van der Waals surface area contributed by atoms with Gasteiger partial charge in [-0.1, -0.05) is 31.5 Å². The molecule has 0 fully saturated rings. The summed E-state index contributed by atoms with van der Waals surface area (Å²) in [6, 6.07) is 9.93. The molecule has 0 unspecified atom stereocenters. The molecule has 0 saturated heterocycles. The SMILES string of the molecule is CCCCn1cc2sc3nccnc3c2nc1=Nc1ccccc1. The average molecular weight is 335 g/mol. The topological polar surface area (TPSA) is 56.0 Å². The molecule has 5 nitrogen and oxygen atoms in total. The maximum atomic E-state index is 4.82. The third-order valence-electron chi connectivity index (χ3n) is 3.81. The third kappa shape index (κ3) is 2.80. The Morgan fingerprint density at radius 3 is 2.75 bits per heavy atom. The van der Waals surface area contributed by atoms with Crippen LogP contribution in [0.2, 0.25) is 0 Å². The van der Waals surface area contributed by atoms with Crippen molar-refractivity contribution in [2.75, 3.05) is 0 Å². The molecule has 0 saturated carbocycles. The van der Waals surface area contributed by atoms with Gasteiger partial charge in [0.05, 0.1) is 10.4 Å². The maximum Gasteiger partial charge on any atom is 0.230 e. The van der Waals surface area contributed by atoms with Crippen molar-refractivity contribution in [3.63, 3.8) is 0 Å². The summed E-state index contributed by atoms with van der Waals surface area (Å²) in [5, 5.41) is 0. The van der Waals surface area contributed by atoms with Crippen LogP contribution in [0.1, 0.15) is 19.8 Å². The Labute approximate surface area is 143 Å². The predicted octanol–water partition coefficient (Wildman–Crippen LogP) is 4.07. The smallest absolute Gasteiger partial charge is 0.230 e. The van der Waals surface area contributed by atoms with Crippen LogP contribution in [0.4, 0.5) is 5.69 Å². The van der Waals surface area contributed by atoms with Gasteiger partial charge in [0.1, 0.15) is 15.9 Å². The summed E-state index contributed by atoms with van der Waals surface area (Å²) in [4.78, 5) is 19.3. The van der Waals surface area contributed by atoms with E-state index in [1.807, 2.05) is 30.3 Å². The van der Waals surface area contributed by atoms with E-state index in [1.54, 1.807) is 23.7 Å². The van der Waals surface area contributed by atoms with Crippen LogP contribution in [0, 0.1) is 0 Å². The minimum Gasteiger partial charge on any atom is -0.316 e. The second-order valence-corrected chi connectivity index (χ2v) is 6.59. The lowest BCUT2D eigenvalue weighted by molar-refractivity contribution is 0.596. The lowest BCUT2D eigenvalue weighted by atomic mass is 10.3. The summed E-state index contributed by atoms with van der Waals surface area (Å²) in [5.74, 6) is 0. The molecule has 0 spiro atoms. The summed E-state index contributed by atoms with van der Waals surface area (Å²) in [6.45, 7) is 3.09. The first-order chi connectivity index (χ1) is 11.8. The van der Waals surface area contributed by atoms with Gasteiger partial charge in [-0.05, 0) is 18.6 Å². The number of thiophene rings is 1. The number of aromatic nitrogens is 4. The number of unbranched alkanes of at least 4 members (excludes halogenated alkanes) is 1. The molecule has 0 aliphatic heterocycles. The highest BCUT2D eigenvalue weighted by Crippen LogP contribution is 2.28. The number of rotatable bonds is 4. The van der Waals surface area contributed by atoms with Crippen molar-refractivity contribution in [2.45, 2.75) is 26.3 Å². The van der Waals surface area contributed by atoms with Crippen LogP contribution in [0.3, 0.4) is 0 Å². The largest absolute Gasteiger partial charge is 0.316 e. The maximum absolute atomic E-state index is 4.82. The molecule has 3 aromatic heterocycles. The lowest BCUT2D eigenvalue weighted by Crippen LogP contribution is -2.23. The van der Waals surface area contributed by atoms with Crippen molar-refractivity contribution >= 4 is 37.6 Å². The van der Waals surface area contributed by atoms with Gasteiger partial charge < -0.3 is 4.57 Å². The van der Waals surface area contributed by atoms with Crippen LogP contribution in [-0.2, 0) is 6.54 Å². The van der Waals surface area contributed by atoms with Crippen LogP contribution >= 0.6 is 11.3 Å². The van der Waals surface area contributed by atoms with Crippen molar-refractivity contribution < 1.29 is 0 Å². The summed E-state index contributed by atoms with van der Waals surface area (Å²) in [5.41, 5.74) is 3.35. The lowest BCUT2D eigenvalue weighted by Gasteiger charge is -2.06. The zero-order valence-corrected chi connectivity index (χ0v) is 14.2. The van der Waals surface area contributed by atoms with Gasteiger partial charge in [0.15, 0.2) is 0 Å². The molecule has 6 heteroatoms. The zero-order chi connectivity index (χ0) is 16.4. The number of hydrogen-bond donors (Lipinski definition) is 0. The van der Waals surface area contributed by atoms with E-state index in [-0.39, 0.29) is 0 Å². The van der Waals surface area contributed by atoms with Gasteiger partial charge in [0, 0.05) is 25.1 Å². The highest BCUT2D eigenvalue weighted by Gasteiger charge is 2.10. The summed E-state index contributed by atoms with van der Waals surface area (Å²) >= 11 is 1.63. The number of aryl methyl sites for hydroxylation is 1. The van der Waals surface area contributed by atoms with Gasteiger partial charge in [-0.15, -0.1) is 11.3 Å². The Kier molecular flexibility index (Phi) is 4.04. The highest BCUT2D eigenvalue weighted by atomic mass is 32.1. The highest BCUT2D eigenvalue weighted by molar-refractivity contribution is 7.25. The molecule has 1 aromatic carbocycles. The first kappa shape index (κ1) is 15.0. The van der Waals surface area contributed by atoms with Crippen molar-refractivity contribution in [1.82, 2.24) is 19.5 Å². The molecule has 4 aromatic rings. The van der Waals surface area contributed by atoms with E-state index in [4.69, 9.17) is 9.98 Å². The van der Waals surface area contributed by atoms with Crippen LogP contribution in [-0.4, -0.2) is 19.5 Å². The molecule has 3 heterocycles. The molecule has 0 radical (unpaired) electrons. The molecular formula is C18H17N5S. The first-order valence-corrected chi connectivity index (χ1v) is 8.87. The van der Waals surface area contributed by atoms with Crippen LogP contribution in [0.15, 0.2) is 53.9 Å². The van der Waals surface area contributed by atoms with E-state index in [0.717, 1.165) is 45.6 Å². The molecule has 0 aliphatic rings. The first-order valence-electron chi connectivity index (χ1n) is 8.05. The number of para-hydroxylation sites is 1. The summed E-state index contributed by atoms with van der Waals surface area (Å²) in [7, 11) is 0. The molecule has 0 amide bonds. The molecular weight excluding hydrogens is 318 g/mol. The Morgan fingerprint density at radius 1 is 1.08 bits per heavy atom. The fraction of sp³-hybridized carbons (Fsp3) is 0.222. The molecule has 4 rings (SSSR count). The molecule has 0 aliphatic carbocycles. The average Bonchev–Trinajstić information content (AvgIpc) is 2.98. The second kappa shape index (κ2) is 6.49. The van der Waals surface area contributed by atoms with Crippen molar-refractivity contribution in [3.8, 4) is 0 Å². The normalized spacial score (nSPS) is 12.3. The van der Waals surface area contributed by atoms with E-state index in [9.17, 15) is 0 Å². The van der Waals surface area contributed by atoms with Gasteiger partial charge in [0.25, 0.3) is 0 Å². The number of fused-ring (bicyclic) bond motifs is 3. The summed E-state index contributed by atoms with van der Waals surface area (Å²) < 4.78 is 3.23. The van der Waals surface area contributed by atoms with Crippen LogP contribution in [0.25, 0.3) is 20.6 Å².